The Morgan fingerprint density at radius 3 is 2.69 bits per heavy atom. The average molecular weight is 227 g/mol. The summed E-state index contributed by atoms with van der Waals surface area (Å²) in [5, 5.41) is 3.57. The molecule has 2 heteroatoms. The third-order valence-electron chi connectivity index (χ3n) is 3.74. The monoisotopic (exact) mass is 227 g/mol. The van der Waals surface area contributed by atoms with Crippen molar-refractivity contribution in [3.05, 3.63) is 0 Å². The van der Waals surface area contributed by atoms with Crippen molar-refractivity contribution in [3.63, 3.8) is 0 Å². The van der Waals surface area contributed by atoms with Crippen LogP contribution in [0.15, 0.2) is 0 Å². The number of nitrogens with one attached hydrogen (secondary N) is 1. The Labute approximate surface area is 101 Å². The first-order valence-electron chi connectivity index (χ1n) is 7.19. The summed E-state index contributed by atoms with van der Waals surface area (Å²) in [6.07, 6.45) is 9.59. The zero-order chi connectivity index (χ0) is 11.6. The van der Waals surface area contributed by atoms with Crippen LogP contribution in [0.25, 0.3) is 0 Å². The van der Waals surface area contributed by atoms with E-state index in [-0.39, 0.29) is 0 Å². The van der Waals surface area contributed by atoms with Gasteiger partial charge in [-0.25, -0.2) is 0 Å². The molecule has 0 radical (unpaired) electrons. The van der Waals surface area contributed by atoms with Crippen molar-refractivity contribution in [2.75, 3.05) is 19.7 Å². The molecule has 1 heterocycles. The second-order valence-corrected chi connectivity index (χ2v) is 5.02. The van der Waals surface area contributed by atoms with Crippen LogP contribution in [0, 0.1) is 5.92 Å². The van der Waals surface area contributed by atoms with Crippen molar-refractivity contribution in [2.45, 2.75) is 64.9 Å². The molecule has 1 atom stereocenters. The van der Waals surface area contributed by atoms with Gasteiger partial charge in [-0.15, -0.1) is 0 Å². The zero-order valence-corrected chi connectivity index (χ0v) is 11.1. The van der Waals surface area contributed by atoms with Crippen LogP contribution >= 0.6 is 0 Å². The van der Waals surface area contributed by atoms with Gasteiger partial charge in [0.15, 0.2) is 0 Å². The molecule has 1 N–H and O–H groups in total. The Balaban J connectivity index is 1.90. The zero-order valence-electron chi connectivity index (χ0n) is 11.1. The maximum absolute atomic E-state index is 5.72. The predicted octanol–water partition coefficient (Wildman–Crippen LogP) is 3.36. The van der Waals surface area contributed by atoms with E-state index in [1.165, 1.54) is 51.5 Å². The molecule has 0 bridgehead atoms. The Morgan fingerprint density at radius 2 is 2.06 bits per heavy atom. The summed E-state index contributed by atoms with van der Waals surface area (Å²) in [4.78, 5) is 0. The second-order valence-electron chi connectivity index (χ2n) is 5.02. The van der Waals surface area contributed by atoms with Gasteiger partial charge in [0.25, 0.3) is 0 Å². The fraction of sp³-hybridized carbons (Fsp3) is 1.00. The fourth-order valence-corrected chi connectivity index (χ4v) is 2.37. The molecule has 0 amide bonds. The highest BCUT2D eigenvalue weighted by Gasteiger charge is 2.12. The molecule has 0 aliphatic carbocycles. The maximum Gasteiger partial charge on any atom is 0.0575 e. The Hall–Kier alpha value is -0.0800. The van der Waals surface area contributed by atoms with E-state index in [0.29, 0.717) is 6.10 Å². The van der Waals surface area contributed by atoms with E-state index in [1.807, 2.05) is 0 Å². The van der Waals surface area contributed by atoms with E-state index in [0.717, 1.165) is 19.1 Å². The maximum atomic E-state index is 5.72. The van der Waals surface area contributed by atoms with Crippen molar-refractivity contribution >= 4 is 0 Å². The lowest BCUT2D eigenvalue weighted by Gasteiger charge is -2.22. The summed E-state index contributed by atoms with van der Waals surface area (Å²) < 4.78 is 5.72. The van der Waals surface area contributed by atoms with Crippen LogP contribution in [0.1, 0.15) is 58.8 Å². The van der Waals surface area contributed by atoms with Crippen LogP contribution in [0.5, 0.6) is 0 Å². The normalized spacial score (nSPS) is 21.6. The molecule has 0 aromatic rings. The van der Waals surface area contributed by atoms with Crippen molar-refractivity contribution < 1.29 is 4.74 Å². The van der Waals surface area contributed by atoms with Crippen LogP contribution in [-0.4, -0.2) is 25.8 Å². The van der Waals surface area contributed by atoms with Crippen LogP contribution in [0.3, 0.4) is 0 Å². The topological polar surface area (TPSA) is 21.3 Å². The van der Waals surface area contributed by atoms with Gasteiger partial charge in [0.1, 0.15) is 0 Å². The summed E-state index contributed by atoms with van der Waals surface area (Å²) in [6, 6.07) is 0. The first-order valence-corrected chi connectivity index (χ1v) is 7.19. The lowest BCUT2D eigenvalue weighted by molar-refractivity contribution is 0.0102. The first-order chi connectivity index (χ1) is 7.86. The van der Waals surface area contributed by atoms with Crippen molar-refractivity contribution in [2.24, 2.45) is 5.92 Å². The summed E-state index contributed by atoms with van der Waals surface area (Å²) in [5.41, 5.74) is 0. The van der Waals surface area contributed by atoms with E-state index in [2.05, 4.69) is 19.2 Å². The molecule has 1 aliphatic heterocycles. The highest BCUT2D eigenvalue weighted by Crippen LogP contribution is 2.16. The molecule has 1 aliphatic rings. The third kappa shape index (κ3) is 5.86. The molecular formula is C14H29NO. The van der Waals surface area contributed by atoms with Gasteiger partial charge >= 0.3 is 0 Å². The van der Waals surface area contributed by atoms with Gasteiger partial charge in [0, 0.05) is 6.61 Å². The van der Waals surface area contributed by atoms with Crippen molar-refractivity contribution in [1.29, 1.82) is 0 Å². The van der Waals surface area contributed by atoms with Gasteiger partial charge in [0.2, 0.25) is 0 Å². The number of rotatable bonds is 8. The lowest BCUT2D eigenvalue weighted by atomic mass is 10.0. The number of hydrogen-bond acceptors (Lipinski definition) is 2. The molecule has 0 spiro atoms. The molecule has 2 nitrogen and oxygen atoms in total. The Bertz CT molecular complexity index is 151. The van der Waals surface area contributed by atoms with Crippen molar-refractivity contribution in [3.8, 4) is 0 Å². The minimum absolute atomic E-state index is 0.559. The quantitative estimate of drug-likeness (QED) is 0.642. The van der Waals surface area contributed by atoms with Gasteiger partial charge in [-0.05, 0) is 51.1 Å². The van der Waals surface area contributed by atoms with Crippen molar-refractivity contribution in [1.82, 2.24) is 5.32 Å². The summed E-state index contributed by atoms with van der Waals surface area (Å²) >= 11 is 0. The molecule has 16 heavy (non-hydrogen) atoms. The highest BCUT2D eigenvalue weighted by molar-refractivity contribution is 4.65. The molecule has 1 rings (SSSR count). The minimum Gasteiger partial charge on any atom is -0.378 e. The highest BCUT2D eigenvalue weighted by atomic mass is 16.5. The van der Waals surface area contributed by atoms with E-state index < -0.39 is 0 Å². The number of ether oxygens (including phenoxy) is 1. The van der Waals surface area contributed by atoms with Crippen LogP contribution in [0.4, 0.5) is 0 Å². The molecule has 1 unspecified atom stereocenters. The molecule has 1 fully saturated rings. The van der Waals surface area contributed by atoms with Crippen LogP contribution in [-0.2, 0) is 4.74 Å². The molecule has 0 saturated carbocycles. The molecule has 96 valence electrons. The fourth-order valence-electron chi connectivity index (χ4n) is 2.37. The first kappa shape index (κ1) is 14.0. The molecule has 0 aromatic carbocycles. The van der Waals surface area contributed by atoms with E-state index >= 15 is 0 Å². The number of hydrogen-bond donors (Lipinski definition) is 1. The van der Waals surface area contributed by atoms with Gasteiger partial charge in [-0.2, -0.15) is 0 Å². The average Bonchev–Trinajstić information content (AvgIpc) is 2.35. The van der Waals surface area contributed by atoms with Gasteiger partial charge in [-0.3, -0.25) is 0 Å². The van der Waals surface area contributed by atoms with Gasteiger partial charge < -0.3 is 10.1 Å². The Morgan fingerprint density at radius 1 is 1.25 bits per heavy atom. The third-order valence-corrected chi connectivity index (χ3v) is 3.74. The largest absolute Gasteiger partial charge is 0.378 e. The predicted molar refractivity (Wildman–Crippen MR) is 69.8 cm³/mol. The van der Waals surface area contributed by atoms with Gasteiger partial charge in [-0.1, -0.05) is 26.7 Å². The van der Waals surface area contributed by atoms with E-state index in [1.54, 1.807) is 0 Å². The van der Waals surface area contributed by atoms with Crippen LogP contribution in [0.2, 0.25) is 0 Å². The van der Waals surface area contributed by atoms with E-state index in [4.69, 9.17) is 4.74 Å². The SMILES string of the molecule is CCC(CC)CNCCCC1CCCCO1. The minimum atomic E-state index is 0.559. The standard InChI is InChI=1S/C14H29NO/c1-3-13(4-2)12-15-10-7-9-14-8-5-6-11-16-14/h13-15H,3-12H2,1-2H3. The van der Waals surface area contributed by atoms with Gasteiger partial charge in [0.05, 0.1) is 6.10 Å². The van der Waals surface area contributed by atoms with Crippen LogP contribution < -0.4 is 5.32 Å². The smallest absolute Gasteiger partial charge is 0.0575 e. The molecule has 1 saturated heterocycles. The summed E-state index contributed by atoms with van der Waals surface area (Å²) in [6.45, 7) is 7.91. The summed E-state index contributed by atoms with van der Waals surface area (Å²) in [5.74, 6) is 0.867. The lowest BCUT2D eigenvalue weighted by Crippen LogP contribution is -2.25. The molecular weight excluding hydrogens is 198 g/mol. The summed E-state index contributed by atoms with van der Waals surface area (Å²) in [7, 11) is 0. The Kier molecular flexibility index (Phi) is 7.87. The molecule has 0 aromatic heterocycles. The van der Waals surface area contributed by atoms with E-state index in [9.17, 15) is 0 Å². The second kappa shape index (κ2) is 9.00.